The molecule has 0 unspecified atom stereocenters. The molecule has 9 heteroatoms. The summed E-state index contributed by atoms with van der Waals surface area (Å²) < 4.78 is 11.1. The Morgan fingerprint density at radius 2 is 1.89 bits per heavy atom. The molecule has 2 aliphatic heterocycles. The van der Waals surface area contributed by atoms with Crippen LogP contribution in [0.3, 0.4) is 0 Å². The van der Waals surface area contributed by atoms with Crippen LogP contribution in [0, 0.1) is 0 Å². The van der Waals surface area contributed by atoms with Crippen molar-refractivity contribution in [3.63, 3.8) is 0 Å². The molecular formula is C27H33N3O6. The third kappa shape index (κ3) is 5.96. The van der Waals surface area contributed by atoms with E-state index in [0.717, 1.165) is 23.1 Å². The Balaban J connectivity index is 1.37. The van der Waals surface area contributed by atoms with Gasteiger partial charge >= 0.3 is 12.2 Å². The first kappa shape index (κ1) is 25.5. The standard InChI is InChI=1S/C27H33N3O6/c1-27(2,3)30(25(32)33)16-23-15-29(26(34)36-23)22-10-9-20-11-12-28(14-21(20)13-22)24(31)18-35-17-19-7-5-4-6-8-19/h4-10,13,23H,11-12,14-18H2,1-3H3,(H,32,33)/t23-/m1/s1. The summed E-state index contributed by atoms with van der Waals surface area (Å²) in [6.45, 7) is 7.22. The Bertz CT molecular complexity index is 1110. The predicted octanol–water partition coefficient (Wildman–Crippen LogP) is 3.89. The number of anilines is 1. The number of carbonyl (C=O) groups is 3. The summed E-state index contributed by atoms with van der Waals surface area (Å²) in [6, 6.07) is 15.5. The van der Waals surface area contributed by atoms with Crippen molar-refractivity contribution in [1.29, 1.82) is 0 Å². The van der Waals surface area contributed by atoms with E-state index in [4.69, 9.17) is 9.47 Å². The maximum atomic E-state index is 12.7. The van der Waals surface area contributed by atoms with Crippen LogP contribution in [0.25, 0.3) is 0 Å². The summed E-state index contributed by atoms with van der Waals surface area (Å²) in [6.07, 6.45) is -1.39. The number of rotatable bonds is 7. The summed E-state index contributed by atoms with van der Waals surface area (Å²) in [5.74, 6) is -0.0708. The highest BCUT2D eigenvalue weighted by Gasteiger charge is 2.37. The Kier molecular flexibility index (Phi) is 7.49. The normalized spacial score (nSPS) is 17.5. The summed E-state index contributed by atoms with van der Waals surface area (Å²) in [4.78, 5) is 41.6. The Hall–Kier alpha value is -3.59. The Morgan fingerprint density at radius 1 is 1.14 bits per heavy atom. The van der Waals surface area contributed by atoms with Gasteiger partial charge in [0.25, 0.3) is 0 Å². The van der Waals surface area contributed by atoms with Gasteiger partial charge in [0.15, 0.2) is 0 Å². The lowest BCUT2D eigenvalue weighted by atomic mass is 9.98. The van der Waals surface area contributed by atoms with Crippen LogP contribution < -0.4 is 4.90 Å². The number of hydrogen-bond acceptors (Lipinski definition) is 5. The van der Waals surface area contributed by atoms with Gasteiger partial charge in [-0.3, -0.25) is 14.6 Å². The van der Waals surface area contributed by atoms with Gasteiger partial charge in [0, 0.05) is 24.3 Å². The van der Waals surface area contributed by atoms with E-state index in [2.05, 4.69) is 0 Å². The third-order valence-corrected chi connectivity index (χ3v) is 6.50. The zero-order valence-electron chi connectivity index (χ0n) is 21.0. The zero-order valence-corrected chi connectivity index (χ0v) is 21.0. The molecule has 0 aliphatic carbocycles. The van der Waals surface area contributed by atoms with Gasteiger partial charge in [-0.05, 0) is 56.0 Å². The maximum Gasteiger partial charge on any atom is 0.414 e. The molecule has 2 aromatic carbocycles. The van der Waals surface area contributed by atoms with Crippen LogP contribution in [-0.2, 0) is 33.8 Å². The topological polar surface area (TPSA) is 99.6 Å². The largest absolute Gasteiger partial charge is 0.465 e. The highest BCUT2D eigenvalue weighted by atomic mass is 16.6. The van der Waals surface area contributed by atoms with Crippen molar-refractivity contribution in [1.82, 2.24) is 9.80 Å². The van der Waals surface area contributed by atoms with E-state index in [-0.39, 0.29) is 25.6 Å². The van der Waals surface area contributed by atoms with Crippen LogP contribution in [0.5, 0.6) is 0 Å². The second-order valence-electron chi connectivity index (χ2n) is 10.2. The number of hydrogen-bond donors (Lipinski definition) is 1. The van der Waals surface area contributed by atoms with Gasteiger partial charge < -0.3 is 19.5 Å². The van der Waals surface area contributed by atoms with Crippen molar-refractivity contribution >= 4 is 23.8 Å². The minimum Gasteiger partial charge on any atom is -0.465 e. The van der Waals surface area contributed by atoms with E-state index in [0.29, 0.717) is 25.4 Å². The monoisotopic (exact) mass is 495 g/mol. The van der Waals surface area contributed by atoms with Crippen LogP contribution in [0.15, 0.2) is 48.5 Å². The molecule has 0 spiro atoms. The molecule has 2 aliphatic rings. The molecule has 3 amide bonds. The fourth-order valence-electron chi connectivity index (χ4n) is 4.52. The molecule has 0 aromatic heterocycles. The summed E-state index contributed by atoms with van der Waals surface area (Å²) >= 11 is 0. The number of amides is 3. The first-order valence-electron chi connectivity index (χ1n) is 12.1. The van der Waals surface area contributed by atoms with Crippen molar-refractivity contribution in [2.45, 2.75) is 52.0 Å². The van der Waals surface area contributed by atoms with Gasteiger partial charge in [-0.1, -0.05) is 36.4 Å². The fourth-order valence-corrected chi connectivity index (χ4v) is 4.52. The SMILES string of the molecule is CC(C)(C)N(C[C@H]1CN(c2ccc3c(c2)CN(C(=O)COCc2ccccc2)CC3)C(=O)O1)C(=O)O. The highest BCUT2D eigenvalue weighted by Crippen LogP contribution is 2.28. The van der Waals surface area contributed by atoms with Crippen LogP contribution in [0.4, 0.5) is 15.3 Å². The summed E-state index contributed by atoms with van der Waals surface area (Å²) in [5.41, 5.74) is 3.20. The molecule has 0 radical (unpaired) electrons. The summed E-state index contributed by atoms with van der Waals surface area (Å²) in [5, 5.41) is 9.56. The number of carbonyl (C=O) groups excluding carboxylic acids is 2. The maximum absolute atomic E-state index is 12.7. The lowest BCUT2D eigenvalue weighted by molar-refractivity contribution is -0.137. The lowest BCUT2D eigenvalue weighted by Crippen LogP contribution is -2.49. The third-order valence-electron chi connectivity index (χ3n) is 6.50. The van der Waals surface area contributed by atoms with Gasteiger partial charge in [-0.15, -0.1) is 0 Å². The molecule has 192 valence electrons. The molecule has 1 atom stereocenters. The van der Waals surface area contributed by atoms with E-state index in [9.17, 15) is 19.5 Å². The van der Waals surface area contributed by atoms with Crippen molar-refractivity contribution in [3.8, 4) is 0 Å². The van der Waals surface area contributed by atoms with Gasteiger partial charge in [0.1, 0.15) is 12.7 Å². The molecule has 4 rings (SSSR count). The number of carboxylic acid groups (broad SMARTS) is 1. The molecule has 1 saturated heterocycles. The minimum atomic E-state index is -1.05. The number of fused-ring (bicyclic) bond motifs is 1. The summed E-state index contributed by atoms with van der Waals surface area (Å²) in [7, 11) is 0. The second-order valence-corrected chi connectivity index (χ2v) is 10.2. The van der Waals surface area contributed by atoms with Gasteiger partial charge in [-0.25, -0.2) is 9.59 Å². The van der Waals surface area contributed by atoms with Gasteiger partial charge in [0.2, 0.25) is 5.91 Å². The zero-order chi connectivity index (χ0) is 25.9. The molecule has 0 bridgehead atoms. The average molecular weight is 496 g/mol. The quantitative estimate of drug-likeness (QED) is 0.626. The number of cyclic esters (lactones) is 1. The van der Waals surface area contributed by atoms with Crippen molar-refractivity contribution in [3.05, 3.63) is 65.2 Å². The van der Waals surface area contributed by atoms with Crippen LogP contribution in [0.1, 0.15) is 37.5 Å². The first-order chi connectivity index (χ1) is 17.1. The molecule has 2 aromatic rings. The second kappa shape index (κ2) is 10.6. The molecule has 2 heterocycles. The molecule has 1 fully saturated rings. The Labute approximate surface area is 211 Å². The van der Waals surface area contributed by atoms with E-state index in [1.54, 1.807) is 25.7 Å². The van der Waals surface area contributed by atoms with Gasteiger partial charge in [0.05, 0.1) is 19.7 Å². The molecular weight excluding hydrogens is 462 g/mol. The minimum absolute atomic E-state index is 0.0118. The number of ether oxygens (including phenoxy) is 2. The molecule has 0 saturated carbocycles. The van der Waals surface area contributed by atoms with E-state index in [1.165, 1.54) is 9.80 Å². The van der Waals surface area contributed by atoms with E-state index < -0.39 is 23.8 Å². The number of benzene rings is 2. The van der Waals surface area contributed by atoms with Crippen LogP contribution in [-0.4, -0.2) is 70.9 Å². The van der Waals surface area contributed by atoms with E-state index >= 15 is 0 Å². The number of nitrogens with zero attached hydrogens (tertiary/aromatic N) is 3. The molecule has 9 nitrogen and oxygen atoms in total. The van der Waals surface area contributed by atoms with Crippen molar-refractivity contribution in [2.75, 3.05) is 31.1 Å². The fraction of sp³-hybridized carbons (Fsp3) is 0.444. The van der Waals surface area contributed by atoms with Gasteiger partial charge in [-0.2, -0.15) is 0 Å². The molecule has 1 N–H and O–H groups in total. The predicted molar refractivity (Wildman–Crippen MR) is 134 cm³/mol. The molecule has 36 heavy (non-hydrogen) atoms. The lowest BCUT2D eigenvalue weighted by Gasteiger charge is -2.34. The highest BCUT2D eigenvalue weighted by molar-refractivity contribution is 5.90. The Morgan fingerprint density at radius 3 is 2.58 bits per heavy atom. The van der Waals surface area contributed by atoms with Crippen LogP contribution in [0.2, 0.25) is 0 Å². The van der Waals surface area contributed by atoms with E-state index in [1.807, 2.05) is 48.5 Å². The van der Waals surface area contributed by atoms with Crippen molar-refractivity contribution in [2.24, 2.45) is 0 Å². The van der Waals surface area contributed by atoms with Crippen molar-refractivity contribution < 1.29 is 29.0 Å². The first-order valence-corrected chi connectivity index (χ1v) is 12.1. The van der Waals surface area contributed by atoms with Crippen LogP contribution >= 0.6 is 0 Å². The average Bonchev–Trinajstić information content (AvgIpc) is 3.21. The smallest absolute Gasteiger partial charge is 0.414 e.